The molecule has 3 rings (SSSR count). The van der Waals surface area contributed by atoms with Gasteiger partial charge in [0.1, 0.15) is 6.10 Å². The second-order valence-electron chi connectivity index (χ2n) is 4.89. The van der Waals surface area contributed by atoms with Gasteiger partial charge in [0.2, 0.25) is 5.88 Å². The molecule has 2 aliphatic rings. The van der Waals surface area contributed by atoms with Gasteiger partial charge in [-0.15, -0.1) is 0 Å². The highest BCUT2D eigenvalue weighted by molar-refractivity contribution is 5.99. The highest BCUT2D eigenvalue weighted by atomic mass is 16.5. The van der Waals surface area contributed by atoms with Crippen LogP contribution in [0.3, 0.4) is 0 Å². The zero-order valence-corrected chi connectivity index (χ0v) is 10.6. The van der Waals surface area contributed by atoms with E-state index >= 15 is 0 Å². The molecule has 0 aromatic carbocycles. The monoisotopic (exact) mass is 263 g/mol. The third-order valence-corrected chi connectivity index (χ3v) is 3.57. The molecule has 0 radical (unpaired) electrons. The van der Waals surface area contributed by atoms with Gasteiger partial charge >= 0.3 is 0 Å². The summed E-state index contributed by atoms with van der Waals surface area (Å²) in [5.74, 6) is 0.488. The summed E-state index contributed by atoms with van der Waals surface area (Å²) < 4.78 is 11.1. The van der Waals surface area contributed by atoms with Gasteiger partial charge in [-0.1, -0.05) is 5.16 Å². The first-order valence-corrected chi connectivity index (χ1v) is 6.53. The van der Waals surface area contributed by atoms with Gasteiger partial charge in [0.25, 0.3) is 0 Å². The number of aryl methyl sites for hydroxylation is 2. The van der Waals surface area contributed by atoms with Gasteiger partial charge in [0.15, 0.2) is 5.84 Å². The SMILES string of the molecule is NC(=NO)c1cc2c(nc1OC1CCOC1)CCC2. The second kappa shape index (κ2) is 5.05. The number of hydrogen-bond acceptors (Lipinski definition) is 5. The first kappa shape index (κ1) is 12.2. The lowest BCUT2D eigenvalue weighted by Gasteiger charge is -2.15. The number of rotatable bonds is 3. The van der Waals surface area contributed by atoms with Gasteiger partial charge in [0, 0.05) is 12.1 Å². The third-order valence-electron chi connectivity index (χ3n) is 3.57. The van der Waals surface area contributed by atoms with Gasteiger partial charge in [-0.25, -0.2) is 4.98 Å². The van der Waals surface area contributed by atoms with Gasteiger partial charge in [-0.2, -0.15) is 0 Å². The molecule has 1 atom stereocenters. The molecule has 6 nitrogen and oxygen atoms in total. The highest BCUT2D eigenvalue weighted by Crippen LogP contribution is 2.28. The fraction of sp³-hybridized carbons (Fsp3) is 0.538. The molecule has 1 saturated heterocycles. The zero-order chi connectivity index (χ0) is 13.2. The van der Waals surface area contributed by atoms with E-state index in [0.29, 0.717) is 24.7 Å². The third kappa shape index (κ3) is 2.35. The largest absolute Gasteiger partial charge is 0.471 e. The maximum atomic E-state index is 8.88. The van der Waals surface area contributed by atoms with E-state index in [0.717, 1.165) is 36.9 Å². The quantitative estimate of drug-likeness (QED) is 0.365. The number of ether oxygens (including phenoxy) is 2. The smallest absolute Gasteiger partial charge is 0.225 e. The summed E-state index contributed by atoms with van der Waals surface area (Å²) in [7, 11) is 0. The maximum Gasteiger partial charge on any atom is 0.225 e. The Morgan fingerprint density at radius 3 is 3.16 bits per heavy atom. The van der Waals surface area contributed by atoms with E-state index in [1.165, 1.54) is 0 Å². The molecule has 3 N–H and O–H groups in total. The molecule has 1 aromatic heterocycles. The zero-order valence-electron chi connectivity index (χ0n) is 10.6. The molecular weight excluding hydrogens is 246 g/mol. The Morgan fingerprint density at radius 2 is 2.42 bits per heavy atom. The first-order valence-electron chi connectivity index (χ1n) is 6.53. The predicted octanol–water partition coefficient (Wildman–Crippen LogP) is 0.832. The number of nitrogens with zero attached hydrogens (tertiary/aromatic N) is 2. The topological polar surface area (TPSA) is 90.0 Å². The molecule has 0 bridgehead atoms. The highest BCUT2D eigenvalue weighted by Gasteiger charge is 2.23. The fourth-order valence-corrected chi connectivity index (χ4v) is 2.54. The summed E-state index contributed by atoms with van der Waals surface area (Å²) in [5, 5.41) is 11.9. The lowest BCUT2D eigenvalue weighted by atomic mass is 10.1. The molecule has 19 heavy (non-hydrogen) atoms. The minimum Gasteiger partial charge on any atom is -0.471 e. The molecule has 6 heteroatoms. The Hall–Kier alpha value is -1.82. The Kier molecular flexibility index (Phi) is 3.25. The number of oxime groups is 1. The molecule has 1 aliphatic heterocycles. The van der Waals surface area contributed by atoms with E-state index in [9.17, 15) is 0 Å². The average Bonchev–Trinajstić information content (AvgIpc) is 3.07. The van der Waals surface area contributed by atoms with Crippen molar-refractivity contribution in [3.8, 4) is 5.88 Å². The Bertz CT molecular complexity index is 510. The number of aromatic nitrogens is 1. The van der Waals surface area contributed by atoms with Crippen LogP contribution in [0.1, 0.15) is 29.7 Å². The Labute approximate surface area is 111 Å². The van der Waals surface area contributed by atoms with E-state index in [1.54, 1.807) is 0 Å². The molecule has 1 aliphatic carbocycles. The van der Waals surface area contributed by atoms with Crippen molar-refractivity contribution in [2.24, 2.45) is 10.9 Å². The maximum absolute atomic E-state index is 8.88. The summed E-state index contributed by atoms with van der Waals surface area (Å²) >= 11 is 0. The summed E-state index contributed by atoms with van der Waals surface area (Å²) in [6.07, 6.45) is 3.88. The van der Waals surface area contributed by atoms with Crippen LogP contribution >= 0.6 is 0 Å². The van der Waals surface area contributed by atoms with E-state index in [-0.39, 0.29) is 11.9 Å². The van der Waals surface area contributed by atoms with Crippen molar-refractivity contribution in [1.82, 2.24) is 4.98 Å². The Balaban J connectivity index is 1.95. The summed E-state index contributed by atoms with van der Waals surface area (Å²) in [4.78, 5) is 4.54. The van der Waals surface area contributed by atoms with Crippen molar-refractivity contribution in [3.63, 3.8) is 0 Å². The van der Waals surface area contributed by atoms with Crippen molar-refractivity contribution in [2.75, 3.05) is 13.2 Å². The van der Waals surface area contributed by atoms with Crippen LogP contribution in [-0.2, 0) is 17.6 Å². The van der Waals surface area contributed by atoms with E-state index < -0.39 is 0 Å². The summed E-state index contributed by atoms with van der Waals surface area (Å²) in [6.45, 7) is 1.27. The molecule has 0 saturated carbocycles. The van der Waals surface area contributed by atoms with Gasteiger partial charge < -0.3 is 20.4 Å². The van der Waals surface area contributed by atoms with Crippen molar-refractivity contribution >= 4 is 5.84 Å². The van der Waals surface area contributed by atoms with Gasteiger partial charge in [0.05, 0.1) is 18.8 Å². The van der Waals surface area contributed by atoms with Crippen molar-refractivity contribution in [3.05, 3.63) is 22.9 Å². The fourth-order valence-electron chi connectivity index (χ4n) is 2.54. The van der Waals surface area contributed by atoms with Crippen LogP contribution in [0.5, 0.6) is 5.88 Å². The molecule has 102 valence electrons. The van der Waals surface area contributed by atoms with Crippen molar-refractivity contribution < 1.29 is 14.7 Å². The molecule has 2 heterocycles. The van der Waals surface area contributed by atoms with Gasteiger partial charge in [-0.05, 0) is 30.9 Å². The number of pyridine rings is 1. The first-order chi connectivity index (χ1) is 9.28. The summed E-state index contributed by atoms with van der Waals surface area (Å²) in [6, 6.07) is 1.93. The van der Waals surface area contributed by atoms with E-state index in [1.807, 2.05) is 6.07 Å². The minimum atomic E-state index is -0.00260. The van der Waals surface area contributed by atoms with Crippen LogP contribution in [-0.4, -0.2) is 35.3 Å². The van der Waals surface area contributed by atoms with Gasteiger partial charge in [-0.3, -0.25) is 0 Å². The molecule has 1 fully saturated rings. The van der Waals surface area contributed by atoms with Crippen molar-refractivity contribution in [2.45, 2.75) is 31.8 Å². The van der Waals surface area contributed by atoms with E-state index in [4.69, 9.17) is 20.4 Å². The van der Waals surface area contributed by atoms with Crippen LogP contribution in [0.4, 0.5) is 0 Å². The number of fused-ring (bicyclic) bond motifs is 1. The summed E-state index contributed by atoms with van der Waals surface area (Å²) in [5.41, 5.74) is 8.50. The standard InChI is InChI=1S/C13H17N3O3/c14-12(16-17)10-6-8-2-1-3-11(8)15-13(10)19-9-4-5-18-7-9/h6,9,17H,1-5,7H2,(H2,14,16). The number of hydrogen-bond donors (Lipinski definition) is 2. The van der Waals surface area contributed by atoms with Crippen LogP contribution < -0.4 is 10.5 Å². The molecule has 1 unspecified atom stereocenters. The van der Waals surface area contributed by atoms with Crippen LogP contribution in [0.2, 0.25) is 0 Å². The Morgan fingerprint density at radius 1 is 1.53 bits per heavy atom. The molecule has 1 aromatic rings. The van der Waals surface area contributed by atoms with Crippen LogP contribution in [0.15, 0.2) is 11.2 Å². The minimum absolute atomic E-state index is 0.00260. The molecular formula is C13H17N3O3. The number of amidine groups is 1. The molecule has 0 spiro atoms. The van der Waals surface area contributed by atoms with E-state index in [2.05, 4.69) is 10.1 Å². The van der Waals surface area contributed by atoms with Crippen molar-refractivity contribution in [1.29, 1.82) is 0 Å². The average molecular weight is 263 g/mol. The van der Waals surface area contributed by atoms with Crippen LogP contribution in [0.25, 0.3) is 0 Å². The lowest BCUT2D eigenvalue weighted by Crippen LogP contribution is -2.22. The predicted molar refractivity (Wildman–Crippen MR) is 68.6 cm³/mol. The molecule has 0 amide bonds. The second-order valence-corrected chi connectivity index (χ2v) is 4.89. The number of nitrogens with two attached hydrogens (primary N) is 1. The lowest BCUT2D eigenvalue weighted by molar-refractivity contribution is 0.137. The normalized spacial score (nSPS) is 22.5. The van der Waals surface area contributed by atoms with Crippen LogP contribution in [0, 0.1) is 0 Å².